The first kappa shape index (κ1) is 14.7. The SMILES string of the molecule is [C-]1=[C-]C=CC=CC=C1.[K+].[K+]. The topological polar surface area (TPSA) is 0 Å². The first-order chi connectivity index (χ1) is 4.00. The molecule has 0 atom stereocenters. The average Bonchev–Trinajstić information content (AvgIpc) is 1.62. The van der Waals surface area contributed by atoms with Crippen LogP contribution in [0.2, 0.25) is 0 Å². The van der Waals surface area contributed by atoms with Crippen LogP contribution in [0, 0.1) is 12.2 Å². The van der Waals surface area contributed by atoms with E-state index in [2.05, 4.69) is 12.2 Å². The minimum Gasteiger partial charge on any atom is -0.325 e. The second-order valence-corrected chi connectivity index (χ2v) is 1.39. The van der Waals surface area contributed by atoms with Crippen LogP contribution in [-0.2, 0) is 0 Å². The van der Waals surface area contributed by atoms with E-state index in [4.69, 9.17) is 0 Å². The molecule has 2 heteroatoms. The van der Waals surface area contributed by atoms with E-state index in [1.54, 1.807) is 0 Å². The van der Waals surface area contributed by atoms with Crippen molar-refractivity contribution in [3.8, 4) is 0 Å². The van der Waals surface area contributed by atoms with E-state index in [0.29, 0.717) is 0 Å². The molecule has 0 heterocycles. The van der Waals surface area contributed by atoms with Crippen molar-refractivity contribution in [1.29, 1.82) is 0 Å². The zero-order chi connectivity index (χ0) is 5.66. The Bertz CT molecular complexity index is 108. The van der Waals surface area contributed by atoms with Crippen molar-refractivity contribution in [2.45, 2.75) is 0 Å². The van der Waals surface area contributed by atoms with Gasteiger partial charge in [0.1, 0.15) is 0 Å². The fraction of sp³-hybridized carbons (Fsp3) is 0. The zero-order valence-electron chi connectivity index (χ0n) is 6.46. The third-order valence-electron chi connectivity index (χ3n) is 0.776. The third-order valence-corrected chi connectivity index (χ3v) is 0.776. The molecule has 0 aliphatic heterocycles. The summed E-state index contributed by atoms with van der Waals surface area (Å²) in [7, 11) is 0. The Labute approximate surface area is 147 Å². The van der Waals surface area contributed by atoms with Crippen molar-refractivity contribution in [1.82, 2.24) is 0 Å². The van der Waals surface area contributed by atoms with Crippen LogP contribution in [0.3, 0.4) is 0 Å². The van der Waals surface area contributed by atoms with E-state index < -0.39 is 0 Å². The maximum Gasteiger partial charge on any atom is 1.00 e. The molecule has 0 radical (unpaired) electrons. The van der Waals surface area contributed by atoms with Gasteiger partial charge in [0.05, 0.1) is 0 Å². The van der Waals surface area contributed by atoms with Crippen LogP contribution in [0.4, 0.5) is 0 Å². The van der Waals surface area contributed by atoms with Gasteiger partial charge in [0.15, 0.2) is 0 Å². The molecule has 0 N–H and O–H groups in total. The maximum atomic E-state index is 2.82. The summed E-state index contributed by atoms with van der Waals surface area (Å²) in [6.45, 7) is 0. The first-order valence-corrected chi connectivity index (χ1v) is 2.49. The Morgan fingerprint density at radius 2 is 1.00 bits per heavy atom. The second-order valence-electron chi connectivity index (χ2n) is 1.39. The molecule has 1 rings (SSSR count). The van der Waals surface area contributed by atoms with E-state index in [-0.39, 0.29) is 103 Å². The van der Waals surface area contributed by atoms with Crippen molar-refractivity contribution in [2.75, 3.05) is 0 Å². The van der Waals surface area contributed by atoms with Gasteiger partial charge in [-0.05, 0) is 0 Å². The molecular weight excluding hydrogens is 174 g/mol. The second kappa shape index (κ2) is 11.2. The van der Waals surface area contributed by atoms with Gasteiger partial charge < -0.3 is 12.2 Å². The largest absolute Gasteiger partial charge is 1.00 e. The maximum absolute atomic E-state index is 2.82. The fourth-order valence-electron chi connectivity index (χ4n) is 0.432. The van der Waals surface area contributed by atoms with Gasteiger partial charge in [0.2, 0.25) is 0 Å². The van der Waals surface area contributed by atoms with Crippen molar-refractivity contribution >= 4 is 0 Å². The Morgan fingerprint density at radius 3 is 1.40 bits per heavy atom. The fourth-order valence-corrected chi connectivity index (χ4v) is 0.432. The molecule has 0 bridgehead atoms. The smallest absolute Gasteiger partial charge is 0.325 e. The van der Waals surface area contributed by atoms with E-state index >= 15 is 0 Å². The van der Waals surface area contributed by atoms with Crippen molar-refractivity contribution in [3.05, 3.63) is 48.6 Å². The van der Waals surface area contributed by atoms with Gasteiger partial charge in [-0.3, -0.25) is 12.2 Å². The molecule has 10 heavy (non-hydrogen) atoms. The van der Waals surface area contributed by atoms with Gasteiger partial charge in [-0.25, -0.2) is 12.2 Å². The Morgan fingerprint density at radius 1 is 0.600 bits per heavy atom. The van der Waals surface area contributed by atoms with Crippen LogP contribution in [0.1, 0.15) is 0 Å². The average molecular weight is 180 g/mol. The molecule has 1 aliphatic carbocycles. The van der Waals surface area contributed by atoms with Crippen molar-refractivity contribution in [2.24, 2.45) is 0 Å². The van der Waals surface area contributed by atoms with Gasteiger partial charge in [-0.1, -0.05) is 0 Å². The summed E-state index contributed by atoms with van der Waals surface area (Å²) in [5.74, 6) is 0. The quantitative estimate of drug-likeness (QED) is 0.262. The van der Waals surface area contributed by atoms with Crippen LogP contribution in [0.5, 0.6) is 0 Å². The number of hydrogen-bond acceptors (Lipinski definition) is 0. The summed E-state index contributed by atoms with van der Waals surface area (Å²) in [6.07, 6.45) is 17.0. The van der Waals surface area contributed by atoms with E-state index in [0.717, 1.165) is 0 Å². The Kier molecular flexibility index (Phi) is 16.6. The van der Waals surface area contributed by atoms with Crippen LogP contribution in [0.25, 0.3) is 0 Å². The van der Waals surface area contributed by atoms with E-state index in [1.807, 2.05) is 36.5 Å². The van der Waals surface area contributed by atoms with Crippen LogP contribution < -0.4 is 103 Å². The molecule has 0 nitrogen and oxygen atoms in total. The van der Waals surface area contributed by atoms with Crippen LogP contribution in [0.15, 0.2) is 36.5 Å². The standard InChI is InChI=1S/C8H6.2K/c1-2-4-6-8-7-5-3-1;;/h1-6H;;/q-2;2*+1. The number of rotatable bonds is 0. The van der Waals surface area contributed by atoms with Gasteiger partial charge >= 0.3 is 103 Å². The molecule has 40 valence electrons. The summed E-state index contributed by atoms with van der Waals surface area (Å²) in [5.41, 5.74) is 0. The minimum atomic E-state index is 0. The van der Waals surface area contributed by atoms with Gasteiger partial charge in [-0.15, -0.1) is 12.2 Å². The molecule has 0 spiro atoms. The van der Waals surface area contributed by atoms with Crippen molar-refractivity contribution < 1.29 is 103 Å². The monoisotopic (exact) mass is 180 g/mol. The molecule has 0 saturated carbocycles. The van der Waals surface area contributed by atoms with Crippen LogP contribution in [-0.4, -0.2) is 0 Å². The molecule has 0 aromatic carbocycles. The molecule has 0 aromatic heterocycles. The van der Waals surface area contributed by atoms with Gasteiger partial charge in [-0.2, -0.15) is 0 Å². The van der Waals surface area contributed by atoms with Crippen LogP contribution >= 0.6 is 0 Å². The van der Waals surface area contributed by atoms with Gasteiger partial charge in [0.25, 0.3) is 0 Å². The summed E-state index contributed by atoms with van der Waals surface area (Å²) in [6, 6.07) is 0. The Hall–Kier alpha value is 2.23. The van der Waals surface area contributed by atoms with Gasteiger partial charge in [0, 0.05) is 0 Å². The molecule has 0 aromatic rings. The molecule has 0 amide bonds. The number of allylic oxidation sites excluding steroid dienone is 8. The predicted molar refractivity (Wildman–Crippen MR) is 33.9 cm³/mol. The molecular formula is C8H6K2. The molecule has 0 fully saturated rings. The zero-order valence-corrected chi connectivity index (χ0v) is 12.7. The summed E-state index contributed by atoms with van der Waals surface area (Å²) < 4.78 is 0. The molecule has 0 unspecified atom stereocenters. The minimum absolute atomic E-state index is 0. The normalized spacial score (nSPS) is 12.8. The Balaban J connectivity index is 0. The molecule has 1 aliphatic rings. The third kappa shape index (κ3) is 8.33. The first-order valence-electron chi connectivity index (χ1n) is 2.49. The summed E-state index contributed by atoms with van der Waals surface area (Å²) in [5, 5.41) is 0. The summed E-state index contributed by atoms with van der Waals surface area (Å²) >= 11 is 0. The number of hydrogen-bond donors (Lipinski definition) is 0. The summed E-state index contributed by atoms with van der Waals surface area (Å²) in [4.78, 5) is 0. The predicted octanol–water partition coefficient (Wildman–Crippen LogP) is -4.16. The van der Waals surface area contributed by atoms with E-state index in [1.165, 1.54) is 0 Å². The molecule has 0 saturated heterocycles. The van der Waals surface area contributed by atoms with E-state index in [9.17, 15) is 0 Å². The van der Waals surface area contributed by atoms with Crippen molar-refractivity contribution in [3.63, 3.8) is 0 Å².